The van der Waals surface area contributed by atoms with Gasteiger partial charge in [-0.15, -0.1) is 0 Å². The lowest BCUT2D eigenvalue weighted by molar-refractivity contribution is -0.149. The molecule has 2 saturated heterocycles. The smallest absolute Gasteiger partial charge is 0.408 e. The second-order valence-corrected chi connectivity index (χ2v) is 31.7. The minimum atomic E-state index is -1.71. The Hall–Kier alpha value is -12.0. The fourth-order valence-corrected chi connectivity index (χ4v) is 14.1. The van der Waals surface area contributed by atoms with Gasteiger partial charge in [-0.05, 0) is 157 Å². The molecule has 12 amide bonds. The summed E-state index contributed by atoms with van der Waals surface area (Å²) < 4.78 is 48.9. The van der Waals surface area contributed by atoms with E-state index < -0.39 is 168 Å². The molecule has 2 fully saturated rings. The van der Waals surface area contributed by atoms with E-state index in [1.54, 1.807) is 127 Å². The summed E-state index contributed by atoms with van der Waals surface area (Å²) in [5.74, 6) is -8.47. The lowest BCUT2D eigenvalue weighted by atomic mass is 9.95. The molecule has 3 aliphatic heterocycles. The van der Waals surface area contributed by atoms with Crippen LogP contribution in [0.25, 0.3) is 10.9 Å². The number of esters is 1. The largest absolute Gasteiger partial charge is 0.497 e. The number of carbonyl (C=O) groups excluding carboxylic acids is 13. The maximum absolute atomic E-state index is 16.1. The van der Waals surface area contributed by atoms with Crippen LogP contribution in [-0.4, -0.2) is 210 Å². The molecule has 118 heavy (non-hydrogen) atoms. The van der Waals surface area contributed by atoms with Crippen molar-refractivity contribution in [1.82, 2.24) is 68.0 Å². The quantitative estimate of drug-likeness (QED) is 0.0214. The van der Waals surface area contributed by atoms with Gasteiger partial charge >= 0.3 is 18.2 Å². The highest BCUT2D eigenvalue weighted by Gasteiger charge is 2.50. The molecular formula is C85H108FN13O19. The number of methoxy groups -OCH3 is 2. The van der Waals surface area contributed by atoms with E-state index in [9.17, 15) is 33.6 Å². The van der Waals surface area contributed by atoms with E-state index in [1.807, 2.05) is 24.3 Å². The second kappa shape index (κ2) is 41.2. The van der Waals surface area contributed by atoms with Crippen molar-refractivity contribution in [2.75, 3.05) is 47.0 Å². The Labute approximate surface area is 684 Å². The van der Waals surface area contributed by atoms with Gasteiger partial charge in [0.15, 0.2) is 0 Å². The number of carbonyl (C=O) groups is 13. The van der Waals surface area contributed by atoms with Gasteiger partial charge in [0.25, 0.3) is 0 Å². The Morgan fingerprint density at radius 3 is 2.12 bits per heavy atom. The molecule has 634 valence electrons. The van der Waals surface area contributed by atoms with Crippen molar-refractivity contribution in [2.45, 2.75) is 211 Å². The Morgan fingerprint density at radius 1 is 0.712 bits per heavy atom. The molecular weight excluding hydrogens is 1530 g/mol. The zero-order valence-electron chi connectivity index (χ0n) is 68.4. The number of hydrogen-bond acceptors (Lipinski definition) is 19. The normalized spacial score (nSPS) is 19.1. The van der Waals surface area contributed by atoms with Crippen LogP contribution in [0.4, 0.5) is 14.0 Å². The summed E-state index contributed by atoms with van der Waals surface area (Å²) in [6, 6.07) is 22.3. The van der Waals surface area contributed by atoms with Crippen LogP contribution < -0.4 is 57.9 Å². The molecule has 5 aromatic carbocycles. The maximum atomic E-state index is 16.1. The molecule has 0 radical (unpaired) electrons. The first-order chi connectivity index (χ1) is 56.0. The Morgan fingerprint density at radius 2 is 1.42 bits per heavy atom. The van der Waals surface area contributed by atoms with E-state index in [4.69, 9.17) is 23.7 Å². The fourth-order valence-electron chi connectivity index (χ4n) is 14.1. The highest BCUT2D eigenvalue weighted by molar-refractivity contribution is 6.00. The summed E-state index contributed by atoms with van der Waals surface area (Å²) in [7, 11) is 2.74. The molecule has 10 atom stereocenters. The summed E-state index contributed by atoms with van der Waals surface area (Å²) in [6.07, 6.45) is -2.91. The van der Waals surface area contributed by atoms with Gasteiger partial charge in [-0.1, -0.05) is 91.0 Å². The fraction of sp³-hybridized carbons (Fsp3) is 0.471. The van der Waals surface area contributed by atoms with Crippen molar-refractivity contribution in [3.8, 4) is 5.75 Å². The number of nitrogens with zero attached hydrogens (tertiary/aromatic N) is 2. The van der Waals surface area contributed by atoms with Crippen molar-refractivity contribution in [2.24, 2.45) is 0 Å². The van der Waals surface area contributed by atoms with Gasteiger partial charge < -0.3 is 96.4 Å². The zero-order chi connectivity index (χ0) is 85.6. The van der Waals surface area contributed by atoms with Crippen LogP contribution in [0.3, 0.4) is 0 Å². The number of H-pyrrole nitrogens is 1. The maximum Gasteiger partial charge on any atom is 0.408 e. The minimum absolute atomic E-state index is 0.0207. The van der Waals surface area contributed by atoms with E-state index in [0.29, 0.717) is 57.3 Å². The van der Waals surface area contributed by atoms with Crippen LogP contribution in [0.5, 0.6) is 5.75 Å². The summed E-state index contributed by atoms with van der Waals surface area (Å²) >= 11 is 0. The van der Waals surface area contributed by atoms with Crippen molar-refractivity contribution in [3.05, 3.63) is 172 Å². The van der Waals surface area contributed by atoms with Crippen LogP contribution in [0, 0.1) is 5.82 Å². The summed E-state index contributed by atoms with van der Waals surface area (Å²) in [5, 5.41) is 27.7. The van der Waals surface area contributed by atoms with E-state index in [-0.39, 0.29) is 83.8 Å². The Kier molecular flexibility index (Phi) is 31.4. The topological polar surface area (TPSA) is 420 Å². The van der Waals surface area contributed by atoms with Gasteiger partial charge in [0.1, 0.15) is 78.2 Å². The standard InChI is InChI=1S/C85H108FN13O19/c1-50(92-82(112)116-48-55-17-13-12-14-18-55)73(103)96-66(47-91-81(111)118-84(6,7)8)75(105)93-63-41-56-19-15-20-57(39-56)45-90-69(101)49-115-67-34-38-98(78(108)65(94-74(63)104)42-58-46-88-62-30-27-59(86)43-61(58)62)72(67)77(107)97-71(51(2)117-83(3,4)5)76(106)95-64(40-53-25-28-60(113-10)29-26-53)79(109)99-37-16-35-85(99,9)80(110)87-36-33-52-21-23-54(24-22-52)44-89-68(100)31-32-70(102)114-11/h12-15,17-30,39,43,46,50-51,63-67,71-72,88H,16,31-38,40-42,44-45,47-49H2,1-11H3,(H,87,110)(H,89,100)(H,90,101)(H,91,111)(H,92,112)(H,93,105)(H,94,104)(H,95,106)(H,96,103)(H,97,107)/t50-,51+,63-,64-,65-,66+,67-,71-,72-,85-/m0/s1. The van der Waals surface area contributed by atoms with Crippen LogP contribution in [0.1, 0.15) is 133 Å². The van der Waals surface area contributed by atoms with Gasteiger partial charge in [0.2, 0.25) is 59.1 Å². The number of fused-ring (bicyclic) bond motifs is 5. The van der Waals surface area contributed by atoms with Crippen molar-refractivity contribution in [1.29, 1.82) is 0 Å². The number of halogens is 1. The van der Waals surface area contributed by atoms with Gasteiger partial charge in [-0.25, -0.2) is 14.0 Å². The highest BCUT2D eigenvalue weighted by atomic mass is 19.1. The predicted molar refractivity (Wildman–Crippen MR) is 430 cm³/mol. The number of aromatic nitrogens is 1. The lowest BCUT2D eigenvalue weighted by Crippen LogP contribution is -2.64. The SMILES string of the molecule is COC(=O)CCC(=O)NCc1ccc(CCNC(=O)[C@]2(C)CCCN2C(=O)[C@H](Cc2ccc(OC)cc2)NC(=O)[C@@H](NC(=O)[C@@H]2[C@@H]3CCN2C(=O)[C@H](Cc2c[nH]c4ccc(F)cc24)NC(=O)[C@@H](NC(=O)[C@@H](CNC(=O)OC(C)(C)C)NC(=O)[C@H](C)NC(=O)OCc2ccccc2)Cc2cccc(c2)CNC(=O)CO3)[C@@H](C)OC(C)(C)C)cc1. The first-order valence-electron chi connectivity index (χ1n) is 39.4. The van der Waals surface area contributed by atoms with E-state index >= 15 is 33.2 Å². The number of alkyl carbamates (subject to hydrolysis) is 2. The molecule has 9 rings (SSSR count). The molecule has 0 spiro atoms. The molecule has 0 unspecified atom stereocenters. The molecule has 3 aliphatic rings. The Balaban J connectivity index is 1.01. The molecule has 4 heterocycles. The Bertz CT molecular complexity index is 4570. The number of aromatic amines is 1. The molecule has 1 aromatic heterocycles. The van der Waals surface area contributed by atoms with E-state index in [0.717, 1.165) is 16.0 Å². The van der Waals surface area contributed by atoms with Crippen LogP contribution in [0.15, 0.2) is 128 Å². The zero-order valence-corrected chi connectivity index (χ0v) is 68.4. The molecule has 0 aliphatic carbocycles. The van der Waals surface area contributed by atoms with Crippen LogP contribution in [-0.2, 0) is 122 Å². The van der Waals surface area contributed by atoms with Crippen LogP contribution >= 0.6 is 0 Å². The molecule has 0 saturated carbocycles. The number of likely N-dealkylation sites (tertiary alicyclic amines) is 1. The number of ether oxygens (including phenoxy) is 6. The first-order valence-corrected chi connectivity index (χ1v) is 39.4. The average Bonchev–Trinajstić information content (AvgIpc) is 1.61. The van der Waals surface area contributed by atoms with Gasteiger partial charge in [0.05, 0.1) is 45.0 Å². The number of rotatable bonds is 30. The molecule has 11 N–H and O–H groups in total. The summed E-state index contributed by atoms with van der Waals surface area (Å²) in [5.41, 5.74) is 1.19. The van der Waals surface area contributed by atoms with Crippen molar-refractivity contribution < 1.29 is 95.1 Å². The molecule has 4 bridgehead atoms. The van der Waals surface area contributed by atoms with Crippen molar-refractivity contribution in [3.63, 3.8) is 0 Å². The highest BCUT2D eigenvalue weighted by Crippen LogP contribution is 2.32. The average molecular weight is 1630 g/mol. The van der Waals surface area contributed by atoms with Gasteiger partial charge in [-0.2, -0.15) is 0 Å². The van der Waals surface area contributed by atoms with Crippen molar-refractivity contribution >= 4 is 88.1 Å². The monoisotopic (exact) mass is 1630 g/mol. The number of nitrogens with one attached hydrogen (secondary N) is 11. The molecule has 32 nitrogen and oxygen atoms in total. The van der Waals surface area contributed by atoms with E-state index in [1.165, 1.54) is 57.4 Å². The van der Waals surface area contributed by atoms with Gasteiger partial charge in [0, 0.05) is 75.5 Å². The number of amides is 12. The lowest BCUT2D eigenvalue weighted by Gasteiger charge is -2.37. The van der Waals surface area contributed by atoms with Gasteiger partial charge in [-0.3, -0.25) is 52.7 Å². The number of hydrogen-bond donors (Lipinski definition) is 11. The second-order valence-electron chi connectivity index (χ2n) is 31.7. The third-order valence-corrected chi connectivity index (χ3v) is 20.3. The molecule has 33 heteroatoms. The third kappa shape index (κ3) is 26.0. The van der Waals surface area contributed by atoms with Crippen LogP contribution in [0.2, 0.25) is 0 Å². The number of benzene rings is 5. The minimum Gasteiger partial charge on any atom is -0.497 e. The predicted octanol–water partition coefficient (Wildman–Crippen LogP) is 4.74. The van der Waals surface area contributed by atoms with E-state index in [2.05, 4.69) is 62.9 Å². The summed E-state index contributed by atoms with van der Waals surface area (Å²) in [6.45, 7) is 13.2. The first kappa shape index (κ1) is 89.9. The summed E-state index contributed by atoms with van der Waals surface area (Å²) in [4.78, 5) is 192. The molecule has 6 aromatic rings. The third-order valence-electron chi connectivity index (χ3n) is 20.3.